The highest BCUT2D eigenvalue weighted by atomic mass is 32.1. The van der Waals surface area contributed by atoms with Crippen LogP contribution in [-0.4, -0.2) is 18.1 Å². The van der Waals surface area contributed by atoms with Gasteiger partial charge in [-0.25, -0.2) is 4.98 Å². The van der Waals surface area contributed by atoms with Gasteiger partial charge in [0.15, 0.2) is 0 Å². The second-order valence-corrected chi connectivity index (χ2v) is 6.40. The molecular weight excluding hydrogens is 264 g/mol. The lowest BCUT2D eigenvalue weighted by Crippen LogP contribution is -2.25. The number of benzene rings is 1. The van der Waals surface area contributed by atoms with E-state index in [1.165, 1.54) is 10.6 Å². The van der Waals surface area contributed by atoms with Crippen LogP contribution < -0.4 is 5.32 Å². The molecule has 2 nitrogen and oxygen atoms in total. The van der Waals surface area contributed by atoms with Gasteiger partial charge in [-0.2, -0.15) is 0 Å². The van der Waals surface area contributed by atoms with E-state index in [1.54, 1.807) is 11.3 Å². The third-order valence-electron chi connectivity index (χ3n) is 3.81. The highest BCUT2D eigenvalue weighted by Crippen LogP contribution is 2.24. The molecule has 20 heavy (non-hydrogen) atoms. The first kappa shape index (κ1) is 15.2. The van der Waals surface area contributed by atoms with E-state index >= 15 is 0 Å². The van der Waals surface area contributed by atoms with Crippen LogP contribution in [0.1, 0.15) is 25.8 Å². The second-order valence-electron chi connectivity index (χ2n) is 5.46. The molecule has 2 rings (SSSR count). The van der Waals surface area contributed by atoms with E-state index in [2.05, 4.69) is 55.7 Å². The molecule has 0 amide bonds. The number of nitrogens with one attached hydrogen (secondary N) is 1. The molecule has 3 heteroatoms. The third-order valence-corrected chi connectivity index (χ3v) is 4.68. The average Bonchev–Trinajstić information content (AvgIpc) is 2.94. The van der Waals surface area contributed by atoms with Crippen LogP contribution >= 0.6 is 11.3 Å². The third kappa shape index (κ3) is 4.15. The monoisotopic (exact) mass is 288 g/mol. The lowest BCUT2D eigenvalue weighted by Gasteiger charge is -2.18. The van der Waals surface area contributed by atoms with E-state index in [9.17, 15) is 0 Å². The van der Waals surface area contributed by atoms with Crippen LogP contribution in [0.15, 0.2) is 35.7 Å². The summed E-state index contributed by atoms with van der Waals surface area (Å²) in [6.45, 7) is 8.94. The van der Waals surface area contributed by atoms with Crippen LogP contribution in [0.2, 0.25) is 0 Å². The fourth-order valence-electron chi connectivity index (χ4n) is 2.20. The van der Waals surface area contributed by atoms with Crippen molar-refractivity contribution in [2.45, 2.75) is 27.2 Å². The molecule has 1 aromatic heterocycles. The molecule has 0 aliphatic rings. The fraction of sp³-hybridized carbons (Fsp3) is 0.471. The molecule has 1 heterocycles. The van der Waals surface area contributed by atoms with E-state index in [0.29, 0.717) is 11.8 Å². The molecule has 108 valence electrons. The van der Waals surface area contributed by atoms with Gasteiger partial charge in [0.25, 0.3) is 0 Å². The zero-order valence-electron chi connectivity index (χ0n) is 12.6. The first-order chi connectivity index (χ1) is 9.70. The summed E-state index contributed by atoms with van der Waals surface area (Å²) in [6.07, 6.45) is 1.07. The Balaban J connectivity index is 1.96. The van der Waals surface area contributed by atoms with Crippen LogP contribution in [0.25, 0.3) is 11.3 Å². The van der Waals surface area contributed by atoms with Gasteiger partial charge in [-0.1, -0.05) is 51.1 Å². The van der Waals surface area contributed by atoms with E-state index in [-0.39, 0.29) is 0 Å². The van der Waals surface area contributed by atoms with Crippen molar-refractivity contribution < 1.29 is 0 Å². The number of hydrogen-bond acceptors (Lipinski definition) is 3. The number of thiazole rings is 1. The van der Waals surface area contributed by atoms with Crippen molar-refractivity contribution in [3.8, 4) is 11.3 Å². The Bertz CT molecular complexity index is 507. The van der Waals surface area contributed by atoms with E-state index in [1.807, 2.05) is 6.07 Å². The first-order valence-corrected chi connectivity index (χ1v) is 8.29. The Kier molecular flexibility index (Phi) is 5.74. The van der Waals surface area contributed by atoms with Crippen molar-refractivity contribution in [2.75, 3.05) is 13.1 Å². The Morgan fingerprint density at radius 3 is 2.60 bits per heavy atom. The Hall–Kier alpha value is -1.19. The molecule has 0 aliphatic heterocycles. The van der Waals surface area contributed by atoms with Crippen molar-refractivity contribution in [1.29, 1.82) is 0 Å². The minimum Gasteiger partial charge on any atom is -0.317 e. The molecule has 0 bridgehead atoms. The molecule has 1 aromatic carbocycles. The minimum atomic E-state index is 0.656. The molecule has 0 fully saturated rings. The van der Waals surface area contributed by atoms with Gasteiger partial charge in [0.05, 0.1) is 10.7 Å². The maximum atomic E-state index is 4.78. The van der Waals surface area contributed by atoms with Crippen molar-refractivity contribution >= 4 is 11.3 Å². The predicted molar refractivity (Wildman–Crippen MR) is 88.1 cm³/mol. The first-order valence-electron chi connectivity index (χ1n) is 7.41. The highest BCUT2D eigenvalue weighted by Gasteiger charge is 2.14. The summed E-state index contributed by atoms with van der Waals surface area (Å²) in [5.74, 6) is 1.34. The summed E-state index contributed by atoms with van der Waals surface area (Å²) in [4.78, 5) is 4.78. The van der Waals surface area contributed by atoms with E-state index < -0.39 is 0 Å². The van der Waals surface area contributed by atoms with Crippen LogP contribution in [0.5, 0.6) is 0 Å². The zero-order chi connectivity index (χ0) is 14.4. The maximum Gasteiger partial charge on any atom is 0.0935 e. The van der Waals surface area contributed by atoms with E-state index in [0.717, 1.165) is 25.2 Å². The second kappa shape index (κ2) is 7.55. The molecule has 0 radical (unpaired) electrons. The summed E-state index contributed by atoms with van der Waals surface area (Å²) in [5, 5.41) is 6.85. The standard InChI is InChI=1S/C17H24N2S/c1-4-18-11-14(3)13(2)10-17-19-16(12-20-17)15-8-6-5-7-9-15/h5-9,12-14,18H,4,10-11H2,1-3H3. The van der Waals surface area contributed by atoms with Gasteiger partial charge in [0.1, 0.15) is 0 Å². The summed E-state index contributed by atoms with van der Waals surface area (Å²) in [6, 6.07) is 10.4. The Morgan fingerprint density at radius 1 is 1.15 bits per heavy atom. The lowest BCUT2D eigenvalue weighted by molar-refractivity contribution is 0.368. The number of aromatic nitrogens is 1. The van der Waals surface area contributed by atoms with Gasteiger partial charge in [-0.3, -0.25) is 0 Å². The van der Waals surface area contributed by atoms with Gasteiger partial charge in [-0.15, -0.1) is 11.3 Å². The highest BCUT2D eigenvalue weighted by molar-refractivity contribution is 7.09. The van der Waals surface area contributed by atoms with Crippen molar-refractivity contribution in [1.82, 2.24) is 10.3 Å². The number of hydrogen-bond donors (Lipinski definition) is 1. The molecule has 2 atom stereocenters. The quantitative estimate of drug-likeness (QED) is 0.824. The van der Waals surface area contributed by atoms with Gasteiger partial charge in [0.2, 0.25) is 0 Å². The zero-order valence-corrected chi connectivity index (χ0v) is 13.4. The average molecular weight is 288 g/mol. The summed E-state index contributed by atoms with van der Waals surface area (Å²) in [7, 11) is 0. The van der Waals surface area contributed by atoms with Crippen LogP contribution in [0.3, 0.4) is 0 Å². The number of nitrogens with zero attached hydrogens (tertiary/aromatic N) is 1. The Labute approximate surface area is 126 Å². The molecule has 0 spiro atoms. The van der Waals surface area contributed by atoms with Gasteiger partial charge in [0, 0.05) is 17.4 Å². The minimum absolute atomic E-state index is 0.656. The summed E-state index contributed by atoms with van der Waals surface area (Å²) < 4.78 is 0. The van der Waals surface area contributed by atoms with Gasteiger partial charge in [-0.05, 0) is 24.9 Å². The van der Waals surface area contributed by atoms with Crippen molar-refractivity contribution in [3.05, 3.63) is 40.7 Å². The fourth-order valence-corrected chi connectivity index (χ4v) is 3.14. The van der Waals surface area contributed by atoms with Crippen LogP contribution in [0.4, 0.5) is 0 Å². The van der Waals surface area contributed by atoms with Crippen molar-refractivity contribution in [2.24, 2.45) is 11.8 Å². The molecule has 1 N–H and O–H groups in total. The van der Waals surface area contributed by atoms with E-state index in [4.69, 9.17) is 4.98 Å². The normalized spacial score (nSPS) is 14.2. The molecule has 0 saturated heterocycles. The predicted octanol–water partition coefficient (Wildman–Crippen LogP) is 4.23. The molecule has 2 unspecified atom stereocenters. The Morgan fingerprint density at radius 2 is 1.90 bits per heavy atom. The summed E-state index contributed by atoms with van der Waals surface area (Å²) >= 11 is 1.78. The lowest BCUT2D eigenvalue weighted by atomic mass is 9.93. The van der Waals surface area contributed by atoms with Crippen LogP contribution in [0, 0.1) is 11.8 Å². The summed E-state index contributed by atoms with van der Waals surface area (Å²) in [5.41, 5.74) is 2.32. The molecule has 0 saturated carbocycles. The maximum absolute atomic E-state index is 4.78. The number of rotatable bonds is 7. The molecule has 0 aliphatic carbocycles. The van der Waals surface area contributed by atoms with Crippen LogP contribution in [-0.2, 0) is 6.42 Å². The molecular formula is C17H24N2S. The smallest absolute Gasteiger partial charge is 0.0935 e. The van der Waals surface area contributed by atoms with Crippen molar-refractivity contribution in [3.63, 3.8) is 0 Å². The molecule has 2 aromatic rings. The largest absolute Gasteiger partial charge is 0.317 e. The van der Waals surface area contributed by atoms with Gasteiger partial charge >= 0.3 is 0 Å². The SMILES string of the molecule is CCNCC(C)C(C)Cc1nc(-c2ccccc2)cs1. The topological polar surface area (TPSA) is 24.9 Å². The van der Waals surface area contributed by atoms with Gasteiger partial charge < -0.3 is 5.32 Å².